The van der Waals surface area contributed by atoms with Crippen LogP contribution in [0.25, 0.3) is 0 Å². The van der Waals surface area contributed by atoms with E-state index in [1.165, 1.54) is 0 Å². The molecular weight excluding hydrogens is 68.1 g/mol. The number of rotatable bonds is 0. The normalized spacial score (nSPS) is 15.2. The lowest BCUT2D eigenvalue weighted by Crippen LogP contribution is -1.93. The van der Waals surface area contributed by atoms with Crippen LogP contribution >= 0.6 is 0 Å². The van der Waals surface area contributed by atoms with Gasteiger partial charge in [-0.2, -0.15) is 0 Å². The molecule has 4 heavy (non-hydrogen) atoms. The largest absolute Gasteiger partial charge is 0.435 e. The highest BCUT2D eigenvalue weighted by molar-refractivity contribution is 6.46. The van der Waals surface area contributed by atoms with Gasteiger partial charge in [0.25, 0.3) is 0 Å². The Kier molecular flexibility index (Phi) is 0.901. The monoisotopic (exact) mass is 78.0 g/mol. The summed E-state index contributed by atoms with van der Waals surface area (Å²) in [6.45, 7) is 3.10. The summed E-state index contributed by atoms with van der Waals surface area (Å²) in [6.07, 6.45) is 0. The zero-order valence-corrected chi connectivity index (χ0v) is 3.95. The summed E-state index contributed by atoms with van der Waals surface area (Å²) in [5, 5.41) is 0. The van der Waals surface area contributed by atoms with Gasteiger partial charge in [-0.05, 0) is 13.1 Å². The topological polar surface area (TPSA) is 20.2 Å². The van der Waals surface area contributed by atoms with Gasteiger partial charge in [0.2, 0.25) is 0 Å². The quantitative estimate of drug-likeness (QED) is 0.403. The molecule has 0 heterocycles. The van der Waals surface area contributed by atoms with E-state index in [9.17, 15) is 0 Å². The Morgan fingerprint density at radius 3 is 2.00 bits per heavy atom. The van der Waals surface area contributed by atoms with Gasteiger partial charge in [-0.15, -0.1) is 0 Å². The predicted octanol–water partition coefficient (Wildman–Crippen LogP) is -0.0379. The molecule has 0 aliphatic rings. The Balaban J connectivity index is 3.02. The molecule has 0 bridgehead atoms. The molecule has 0 saturated heterocycles. The molecular formula is C2H8OSi. The summed E-state index contributed by atoms with van der Waals surface area (Å²) in [6, 6.07) is 0. The van der Waals surface area contributed by atoms with E-state index >= 15 is 0 Å². The second-order valence-corrected chi connectivity index (χ2v) is 2.84. The van der Waals surface area contributed by atoms with Crippen molar-refractivity contribution in [2.45, 2.75) is 13.1 Å². The van der Waals surface area contributed by atoms with E-state index in [0.29, 0.717) is 0 Å². The Bertz CT molecular complexity index is 25.1. The summed E-state index contributed by atoms with van der Waals surface area (Å²) in [5.74, 6) is 0. The van der Waals surface area contributed by atoms with Crippen LogP contribution in [-0.4, -0.2) is 15.0 Å². The Morgan fingerprint density at radius 2 is 2.00 bits per heavy atom. The molecule has 0 radical (unpaired) electrons. The molecule has 0 fully saturated rings. The molecule has 0 atom stereocenters. The molecule has 1 N–H and O–H groups in total. The van der Waals surface area contributed by atoms with Gasteiger partial charge in [-0.25, -0.2) is 0 Å². The third-order valence-corrected chi connectivity index (χ3v) is 0. The molecule has 0 aliphatic heterocycles. The van der Waals surface area contributed by atoms with Crippen molar-refractivity contribution < 1.29 is 4.80 Å². The smallest absolute Gasteiger partial charge is 0.166 e. The SMILES string of the molecule is [3H][Si](C)(C)O. The minimum absolute atomic E-state index is 1.55. The molecule has 0 amide bonds. The van der Waals surface area contributed by atoms with Crippen LogP contribution in [-0.2, 0) is 0 Å². The van der Waals surface area contributed by atoms with Crippen LogP contribution < -0.4 is 0 Å². The van der Waals surface area contributed by atoms with Gasteiger partial charge in [-0.3, -0.25) is 0 Å². The second kappa shape index (κ2) is 1.49. The van der Waals surface area contributed by atoms with Crippen LogP contribution in [0.15, 0.2) is 0 Å². The van der Waals surface area contributed by atoms with Crippen LogP contribution in [0.1, 0.15) is 0 Å². The maximum absolute atomic E-state index is 8.33. The van der Waals surface area contributed by atoms with E-state index in [-0.39, 0.29) is 0 Å². The molecule has 0 spiro atoms. The molecule has 2 heteroatoms. The van der Waals surface area contributed by atoms with Gasteiger partial charge < -0.3 is 4.80 Å². The maximum Gasteiger partial charge on any atom is 0.166 e. The first kappa shape index (κ1) is 2.42. The van der Waals surface area contributed by atoms with E-state index in [2.05, 4.69) is 0 Å². The van der Waals surface area contributed by atoms with Crippen molar-refractivity contribution in [1.29, 1.82) is 1.23 Å². The second-order valence-electron chi connectivity index (χ2n) is 0.947. The lowest BCUT2D eigenvalue weighted by molar-refractivity contribution is 0.587. The van der Waals surface area contributed by atoms with E-state index in [0.717, 1.165) is 0 Å². The van der Waals surface area contributed by atoms with Gasteiger partial charge in [0.05, 0.1) is 0 Å². The fraction of sp³-hybridized carbons (Fsp3) is 1.00. The highest BCUT2D eigenvalue weighted by Gasteiger charge is 1.74. The third kappa shape index (κ3) is 96.4. The van der Waals surface area contributed by atoms with Crippen LogP contribution in [0.5, 0.6) is 0 Å². The average Bonchev–Trinajstić information content (AvgIpc) is 0.722. The van der Waals surface area contributed by atoms with Crippen LogP contribution in [0.2, 0.25) is 13.1 Å². The Labute approximate surface area is 29.2 Å². The summed E-state index contributed by atoms with van der Waals surface area (Å²) in [4.78, 5) is 8.33. The maximum atomic E-state index is 8.33. The number of hydrogen-bond donors (Lipinski definition) is 1. The summed E-state index contributed by atoms with van der Waals surface area (Å²) >= 11 is 0. The molecule has 0 aromatic heterocycles. The molecule has 0 aromatic rings. The van der Waals surface area contributed by atoms with E-state index in [1.807, 2.05) is 0 Å². The fourth-order valence-electron chi connectivity index (χ4n) is 0. The van der Waals surface area contributed by atoms with Crippen molar-refractivity contribution in [3.8, 4) is 0 Å². The van der Waals surface area contributed by atoms with Crippen molar-refractivity contribution in [1.82, 2.24) is 0 Å². The minimum Gasteiger partial charge on any atom is -0.435 e. The van der Waals surface area contributed by atoms with Gasteiger partial charge in [-0.1, -0.05) is 0 Å². The van der Waals surface area contributed by atoms with Crippen molar-refractivity contribution in [3.05, 3.63) is 0 Å². The van der Waals surface area contributed by atoms with E-state index in [1.54, 1.807) is 13.1 Å². The van der Waals surface area contributed by atoms with Gasteiger partial charge in [0, 0.05) is 1.23 Å². The van der Waals surface area contributed by atoms with Crippen LogP contribution in [0, 0.1) is 0 Å². The molecule has 0 aromatic carbocycles. The van der Waals surface area contributed by atoms with Crippen molar-refractivity contribution in [2.24, 2.45) is 0 Å². The minimum atomic E-state index is -2.36. The first-order valence-electron chi connectivity index (χ1n) is 1.72. The van der Waals surface area contributed by atoms with Crippen molar-refractivity contribution in [2.75, 3.05) is 0 Å². The van der Waals surface area contributed by atoms with Crippen LogP contribution in [0.4, 0.5) is 0 Å². The third-order valence-electron chi connectivity index (χ3n) is 0. The summed E-state index contributed by atoms with van der Waals surface area (Å²) in [5.41, 5.74) is 0. The number of hydrogen-bond acceptors (Lipinski definition) is 1. The Morgan fingerprint density at radius 1 is 2.00 bits per heavy atom. The molecule has 0 rings (SSSR count). The lowest BCUT2D eigenvalue weighted by atomic mass is 11.9. The Hall–Kier alpha value is 0.177. The van der Waals surface area contributed by atoms with E-state index in [4.69, 9.17) is 6.03 Å². The molecule has 0 saturated carbocycles. The zero-order chi connectivity index (χ0) is 4.50. The standard InChI is InChI=1S/C2H8OSi/c1-4(2)3/h3-4H,1-2H3/i4T. The van der Waals surface area contributed by atoms with Gasteiger partial charge >= 0.3 is 0 Å². The molecule has 0 aliphatic carbocycles. The highest BCUT2D eigenvalue weighted by Crippen LogP contribution is 1.60. The van der Waals surface area contributed by atoms with Crippen molar-refractivity contribution in [3.63, 3.8) is 0 Å². The van der Waals surface area contributed by atoms with Gasteiger partial charge in [0.15, 0.2) is 8.97 Å². The van der Waals surface area contributed by atoms with Crippen molar-refractivity contribution >= 4 is 8.97 Å². The van der Waals surface area contributed by atoms with E-state index < -0.39 is 8.97 Å². The predicted molar refractivity (Wildman–Crippen MR) is 21.1 cm³/mol. The summed E-state index contributed by atoms with van der Waals surface area (Å²) < 4.78 is 6.63. The first-order valence-corrected chi connectivity index (χ1v) is 3.67. The van der Waals surface area contributed by atoms with Gasteiger partial charge in [0.1, 0.15) is 0 Å². The first-order chi connectivity index (χ1) is 2.00. The molecule has 0 unspecified atom stereocenters. The highest BCUT2D eigenvalue weighted by atomic mass is 28.3. The average molecular weight is 78.2 g/mol. The van der Waals surface area contributed by atoms with Crippen LogP contribution in [0.3, 0.4) is 0 Å². The summed E-state index contributed by atoms with van der Waals surface area (Å²) in [7, 11) is -2.36. The molecule has 1 nitrogen and oxygen atoms in total. The fourth-order valence-corrected chi connectivity index (χ4v) is 0. The molecule has 26 valence electrons. The lowest BCUT2D eigenvalue weighted by Gasteiger charge is -1.76. The zero-order valence-electron chi connectivity index (χ0n) is 3.95.